The SMILES string of the molecule is CCN(CC)CCCCCCCCCCCC(C)C. The molecule has 0 aliphatic rings. The Morgan fingerprint density at radius 3 is 1.47 bits per heavy atom. The lowest BCUT2D eigenvalue weighted by Crippen LogP contribution is -2.23. The van der Waals surface area contributed by atoms with Crippen LogP contribution in [-0.4, -0.2) is 24.5 Å². The first-order chi connectivity index (χ1) is 9.20. The maximum atomic E-state index is 2.54. The summed E-state index contributed by atoms with van der Waals surface area (Å²) in [4.78, 5) is 2.54. The molecular weight excluding hydrogens is 230 g/mol. The van der Waals surface area contributed by atoms with Gasteiger partial charge in [0.05, 0.1) is 0 Å². The summed E-state index contributed by atoms with van der Waals surface area (Å²) in [7, 11) is 0. The van der Waals surface area contributed by atoms with Gasteiger partial charge in [-0.15, -0.1) is 0 Å². The van der Waals surface area contributed by atoms with Gasteiger partial charge in [0.25, 0.3) is 0 Å². The Morgan fingerprint density at radius 1 is 0.632 bits per heavy atom. The lowest BCUT2D eigenvalue weighted by Gasteiger charge is -2.17. The van der Waals surface area contributed by atoms with Gasteiger partial charge in [-0.25, -0.2) is 0 Å². The molecule has 0 aromatic rings. The Balaban J connectivity index is 3.06. The predicted octanol–water partition coefficient (Wildman–Crippen LogP) is 5.89. The first kappa shape index (κ1) is 19.0. The van der Waals surface area contributed by atoms with Gasteiger partial charge < -0.3 is 4.90 Å². The smallest absolute Gasteiger partial charge is 0.00190 e. The highest BCUT2D eigenvalue weighted by molar-refractivity contribution is 4.54. The second kappa shape index (κ2) is 14.4. The fourth-order valence-electron chi connectivity index (χ4n) is 2.67. The van der Waals surface area contributed by atoms with E-state index in [2.05, 4.69) is 32.6 Å². The molecule has 116 valence electrons. The molecule has 0 aliphatic heterocycles. The van der Waals surface area contributed by atoms with Crippen LogP contribution in [0, 0.1) is 5.92 Å². The highest BCUT2D eigenvalue weighted by atomic mass is 15.1. The molecule has 0 saturated heterocycles. The van der Waals surface area contributed by atoms with Gasteiger partial charge in [-0.2, -0.15) is 0 Å². The molecule has 19 heavy (non-hydrogen) atoms. The summed E-state index contributed by atoms with van der Waals surface area (Å²) in [6.07, 6.45) is 14.5. The van der Waals surface area contributed by atoms with Crippen molar-refractivity contribution >= 4 is 0 Å². The molecule has 0 spiro atoms. The highest BCUT2D eigenvalue weighted by Gasteiger charge is 1.98. The zero-order valence-corrected chi connectivity index (χ0v) is 14.2. The molecule has 0 fully saturated rings. The Labute approximate surface area is 123 Å². The van der Waals surface area contributed by atoms with Crippen LogP contribution in [0.3, 0.4) is 0 Å². The quantitative estimate of drug-likeness (QED) is 0.356. The van der Waals surface area contributed by atoms with Gasteiger partial charge in [0.15, 0.2) is 0 Å². The second-order valence-electron chi connectivity index (χ2n) is 6.39. The van der Waals surface area contributed by atoms with Crippen LogP contribution in [0.4, 0.5) is 0 Å². The molecule has 0 aromatic heterocycles. The third-order valence-electron chi connectivity index (χ3n) is 4.15. The van der Waals surface area contributed by atoms with Gasteiger partial charge in [0.1, 0.15) is 0 Å². The van der Waals surface area contributed by atoms with Crippen LogP contribution >= 0.6 is 0 Å². The largest absolute Gasteiger partial charge is 0.304 e. The second-order valence-corrected chi connectivity index (χ2v) is 6.39. The van der Waals surface area contributed by atoms with Crippen LogP contribution in [0.5, 0.6) is 0 Å². The summed E-state index contributed by atoms with van der Waals surface area (Å²) in [6.45, 7) is 12.9. The van der Waals surface area contributed by atoms with Crippen LogP contribution in [0.2, 0.25) is 0 Å². The van der Waals surface area contributed by atoms with E-state index in [0.717, 1.165) is 5.92 Å². The van der Waals surface area contributed by atoms with Crippen molar-refractivity contribution < 1.29 is 0 Å². The molecule has 0 amide bonds. The molecule has 0 N–H and O–H groups in total. The fourth-order valence-corrected chi connectivity index (χ4v) is 2.67. The number of rotatable bonds is 14. The first-order valence-corrected chi connectivity index (χ1v) is 8.93. The number of hydrogen-bond acceptors (Lipinski definition) is 1. The van der Waals surface area contributed by atoms with Crippen molar-refractivity contribution in [3.63, 3.8) is 0 Å². The number of hydrogen-bond donors (Lipinski definition) is 0. The number of nitrogens with zero attached hydrogens (tertiary/aromatic N) is 1. The standard InChI is InChI=1S/C18H39N/c1-5-19(6-2)17-15-13-11-9-7-8-10-12-14-16-18(3)4/h18H,5-17H2,1-4H3. The molecule has 0 bridgehead atoms. The summed E-state index contributed by atoms with van der Waals surface area (Å²) in [6, 6.07) is 0. The van der Waals surface area contributed by atoms with Crippen LogP contribution < -0.4 is 0 Å². The third kappa shape index (κ3) is 14.2. The van der Waals surface area contributed by atoms with Gasteiger partial charge in [0, 0.05) is 0 Å². The lowest BCUT2D eigenvalue weighted by atomic mass is 10.0. The fraction of sp³-hybridized carbons (Fsp3) is 1.00. The van der Waals surface area contributed by atoms with E-state index in [0.29, 0.717) is 0 Å². The maximum Gasteiger partial charge on any atom is -0.00190 e. The van der Waals surface area contributed by atoms with Crippen molar-refractivity contribution in [3.8, 4) is 0 Å². The lowest BCUT2D eigenvalue weighted by molar-refractivity contribution is 0.295. The first-order valence-electron chi connectivity index (χ1n) is 8.93. The summed E-state index contributed by atoms with van der Waals surface area (Å²) in [5.74, 6) is 0.894. The van der Waals surface area contributed by atoms with Crippen LogP contribution in [0.15, 0.2) is 0 Å². The van der Waals surface area contributed by atoms with Crippen molar-refractivity contribution in [2.45, 2.75) is 91.9 Å². The van der Waals surface area contributed by atoms with Crippen molar-refractivity contribution in [2.24, 2.45) is 5.92 Å². The molecule has 0 aliphatic carbocycles. The van der Waals surface area contributed by atoms with Crippen molar-refractivity contribution in [1.29, 1.82) is 0 Å². The van der Waals surface area contributed by atoms with Gasteiger partial charge >= 0.3 is 0 Å². The topological polar surface area (TPSA) is 3.24 Å². The van der Waals surface area contributed by atoms with E-state index in [-0.39, 0.29) is 0 Å². The molecule has 0 rings (SSSR count). The zero-order valence-electron chi connectivity index (χ0n) is 14.2. The molecule has 0 aromatic carbocycles. The van der Waals surface area contributed by atoms with Gasteiger partial charge in [-0.3, -0.25) is 0 Å². The molecule has 1 heteroatoms. The normalized spacial score (nSPS) is 11.7. The van der Waals surface area contributed by atoms with E-state index in [1.807, 2.05) is 0 Å². The molecule has 0 saturated carbocycles. The minimum Gasteiger partial charge on any atom is -0.304 e. The molecule has 0 atom stereocenters. The minimum atomic E-state index is 0.894. The molecule has 1 nitrogen and oxygen atoms in total. The molecule has 0 radical (unpaired) electrons. The Kier molecular flexibility index (Phi) is 14.3. The van der Waals surface area contributed by atoms with E-state index in [1.54, 1.807) is 0 Å². The summed E-state index contributed by atoms with van der Waals surface area (Å²) in [5.41, 5.74) is 0. The van der Waals surface area contributed by atoms with Crippen molar-refractivity contribution in [3.05, 3.63) is 0 Å². The van der Waals surface area contributed by atoms with Crippen LogP contribution in [0.1, 0.15) is 91.9 Å². The maximum absolute atomic E-state index is 2.54. The van der Waals surface area contributed by atoms with Gasteiger partial charge in [-0.1, -0.05) is 85.5 Å². The zero-order chi connectivity index (χ0) is 14.3. The predicted molar refractivity (Wildman–Crippen MR) is 88.8 cm³/mol. The summed E-state index contributed by atoms with van der Waals surface area (Å²) < 4.78 is 0. The highest BCUT2D eigenvalue weighted by Crippen LogP contribution is 2.13. The molecular formula is C18H39N. The Hall–Kier alpha value is -0.0400. The minimum absolute atomic E-state index is 0.894. The van der Waals surface area contributed by atoms with Crippen molar-refractivity contribution in [1.82, 2.24) is 4.90 Å². The van der Waals surface area contributed by atoms with Gasteiger partial charge in [-0.05, 0) is 32.0 Å². The third-order valence-corrected chi connectivity index (χ3v) is 4.15. The Morgan fingerprint density at radius 2 is 1.05 bits per heavy atom. The van der Waals surface area contributed by atoms with E-state index in [9.17, 15) is 0 Å². The molecule has 0 unspecified atom stereocenters. The van der Waals surface area contributed by atoms with E-state index >= 15 is 0 Å². The summed E-state index contributed by atoms with van der Waals surface area (Å²) in [5, 5.41) is 0. The van der Waals surface area contributed by atoms with Crippen molar-refractivity contribution in [2.75, 3.05) is 19.6 Å². The van der Waals surface area contributed by atoms with Gasteiger partial charge in [0.2, 0.25) is 0 Å². The average Bonchev–Trinajstić information content (AvgIpc) is 2.40. The van der Waals surface area contributed by atoms with E-state index in [4.69, 9.17) is 0 Å². The summed E-state index contributed by atoms with van der Waals surface area (Å²) >= 11 is 0. The van der Waals surface area contributed by atoms with E-state index in [1.165, 1.54) is 83.8 Å². The number of unbranched alkanes of at least 4 members (excludes halogenated alkanes) is 8. The average molecular weight is 270 g/mol. The van der Waals surface area contributed by atoms with Crippen LogP contribution in [0.25, 0.3) is 0 Å². The van der Waals surface area contributed by atoms with Crippen LogP contribution in [-0.2, 0) is 0 Å². The Bertz CT molecular complexity index is 161. The monoisotopic (exact) mass is 269 g/mol. The van der Waals surface area contributed by atoms with E-state index < -0.39 is 0 Å². The molecule has 0 heterocycles.